The van der Waals surface area contributed by atoms with Crippen molar-refractivity contribution in [3.63, 3.8) is 0 Å². The normalized spacial score (nSPS) is 14.6. The van der Waals surface area contributed by atoms with E-state index in [1.807, 2.05) is 0 Å². The molecular formula is C15H18N4O2S. The van der Waals surface area contributed by atoms with Gasteiger partial charge in [0.05, 0.1) is 11.4 Å². The fourth-order valence-electron chi connectivity index (χ4n) is 2.52. The average molecular weight is 318 g/mol. The molecule has 0 spiro atoms. The molecule has 0 aromatic carbocycles. The molecule has 3 heterocycles. The molecule has 0 fully saturated rings. The molecule has 1 aliphatic heterocycles. The number of nitrogens with zero attached hydrogens (tertiary/aromatic N) is 3. The Bertz CT molecular complexity index is 692. The van der Waals surface area contributed by atoms with E-state index in [-0.39, 0.29) is 5.91 Å². The number of carbonyl (C=O) groups excluding carboxylic acids is 2. The molecule has 0 saturated carbocycles. The van der Waals surface area contributed by atoms with Crippen molar-refractivity contribution in [2.24, 2.45) is 0 Å². The van der Waals surface area contributed by atoms with E-state index in [1.54, 1.807) is 34.2 Å². The second-order valence-electron chi connectivity index (χ2n) is 5.42. The predicted molar refractivity (Wildman–Crippen MR) is 85.2 cm³/mol. The van der Waals surface area contributed by atoms with Crippen LogP contribution in [0.4, 0.5) is 5.13 Å². The minimum atomic E-state index is -0.0787. The van der Waals surface area contributed by atoms with Crippen molar-refractivity contribution in [3.8, 4) is 0 Å². The van der Waals surface area contributed by atoms with Gasteiger partial charge in [-0.2, -0.15) is 0 Å². The van der Waals surface area contributed by atoms with Gasteiger partial charge in [-0.15, -0.1) is 11.3 Å². The van der Waals surface area contributed by atoms with Gasteiger partial charge >= 0.3 is 0 Å². The van der Waals surface area contributed by atoms with Gasteiger partial charge in [-0.05, 0) is 19.2 Å². The van der Waals surface area contributed by atoms with Crippen molar-refractivity contribution < 1.29 is 9.59 Å². The van der Waals surface area contributed by atoms with Crippen molar-refractivity contribution >= 4 is 28.7 Å². The van der Waals surface area contributed by atoms with E-state index in [0.29, 0.717) is 23.8 Å². The summed E-state index contributed by atoms with van der Waals surface area (Å²) in [7, 11) is 2.09. The molecule has 22 heavy (non-hydrogen) atoms. The van der Waals surface area contributed by atoms with Crippen LogP contribution >= 0.6 is 11.3 Å². The fourth-order valence-corrected chi connectivity index (χ4v) is 3.62. The van der Waals surface area contributed by atoms with Crippen molar-refractivity contribution in [3.05, 3.63) is 34.6 Å². The second-order valence-corrected chi connectivity index (χ2v) is 6.50. The maximum absolute atomic E-state index is 12.0. The highest BCUT2D eigenvalue weighted by Gasteiger charge is 2.19. The number of aromatic nitrogens is 2. The van der Waals surface area contributed by atoms with Gasteiger partial charge in [-0.3, -0.25) is 9.59 Å². The number of hydrogen-bond donors (Lipinski definition) is 1. The number of aryl methyl sites for hydroxylation is 1. The maximum Gasteiger partial charge on any atom is 0.227 e. The van der Waals surface area contributed by atoms with Gasteiger partial charge in [-0.1, -0.05) is 0 Å². The lowest BCUT2D eigenvalue weighted by atomic mass is 10.2. The molecule has 0 unspecified atom stereocenters. The molecule has 7 heteroatoms. The van der Waals surface area contributed by atoms with E-state index in [2.05, 4.69) is 22.2 Å². The number of likely N-dealkylation sites (N-methyl/N-ethyl adjacent to an activating group) is 1. The number of thiazole rings is 1. The summed E-state index contributed by atoms with van der Waals surface area (Å²) in [6.07, 6.45) is 3.85. The van der Waals surface area contributed by atoms with Crippen molar-refractivity contribution in [2.75, 3.05) is 18.9 Å². The van der Waals surface area contributed by atoms with Crippen LogP contribution in [-0.4, -0.2) is 40.2 Å². The maximum atomic E-state index is 12.0. The lowest BCUT2D eigenvalue weighted by Gasteiger charge is -2.20. The monoisotopic (exact) mass is 318 g/mol. The minimum Gasteiger partial charge on any atom is -0.345 e. The minimum absolute atomic E-state index is 0.0787. The molecule has 0 atom stereocenters. The molecule has 3 rings (SSSR count). The van der Waals surface area contributed by atoms with Crippen LogP contribution in [0, 0.1) is 0 Å². The van der Waals surface area contributed by atoms with Crippen LogP contribution in [0.25, 0.3) is 0 Å². The summed E-state index contributed by atoms with van der Waals surface area (Å²) in [5, 5.41) is 3.54. The number of aldehydes is 1. The third-order valence-corrected chi connectivity index (χ3v) is 4.73. The van der Waals surface area contributed by atoms with Crippen molar-refractivity contribution in [2.45, 2.75) is 25.9 Å². The summed E-state index contributed by atoms with van der Waals surface area (Å²) < 4.78 is 1.77. The summed E-state index contributed by atoms with van der Waals surface area (Å²) >= 11 is 1.55. The highest BCUT2D eigenvalue weighted by atomic mass is 32.1. The molecule has 0 aliphatic carbocycles. The molecule has 0 radical (unpaired) electrons. The Morgan fingerprint density at radius 2 is 2.41 bits per heavy atom. The van der Waals surface area contributed by atoms with Crippen LogP contribution in [0.15, 0.2) is 18.3 Å². The lowest BCUT2D eigenvalue weighted by molar-refractivity contribution is -0.116. The molecular weight excluding hydrogens is 300 g/mol. The Kier molecular flexibility index (Phi) is 4.35. The number of amides is 1. The highest BCUT2D eigenvalue weighted by Crippen LogP contribution is 2.27. The smallest absolute Gasteiger partial charge is 0.227 e. The van der Waals surface area contributed by atoms with Crippen LogP contribution < -0.4 is 5.32 Å². The Labute approximate surface area is 132 Å². The number of carbonyl (C=O) groups is 2. The molecule has 0 bridgehead atoms. The van der Waals surface area contributed by atoms with E-state index in [4.69, 9.17) is 0 Å². The SMILES string of the molecule is CN1CCc2nc(NC(=O)CCn3cccc3C=O)sc2C1. The molecule has 6 nitrogen and oxygen atoms in total. The molecule has 0 saturated heterocycles. The standard InChI is InChI=1S/C15H18N4O2S/c1-18-7-4-12-13(9-18)22-15(16-12)17-14(21)5-8-19-6-2-3-11(19)10-20/h2-3,6,10H,4-5,7-9H2,1H3,(H,16,17,21). The van der Waals surface area contributed by atoms with E-state index in [9.17, 15) is 9.59 Å². The number of rotatable bonds is 5. The highest BCUT2D eigenvalue weighted by molar-refractivity contribution is 7.15. The first kappa shape index (κ1) is 14.9. The number of anilines is 1. The van der Waals surface area contributed by atoms with Gasteiger partial charge in [0.15, 0.2) is 11.4 Å². The third kappa shape index (κ3) is 3.26. The Morgan fingerprint density at radius 1 is 1.55 bits per heavy atom. The van der Waals surface area contributed by atoms with E-state index in [0.717, 1.165) is 31.5 Å². The first-order valence-corrected chi connectivity index (χ1v) is 8.04. The summed E-state index contributed by atoms with van der Waals surface area (Å²) in [6.45, 7) is 2.39. The molecule has 1 N–H and O–H groups in total. The number of hydrogen-bond acceptors (Lipinski definition) is 5. The van der Waals surface area contributed by atoms with Gasteiger partial charge in [0.25, 0.3) is 0 Å². The van der Waals surface area contributed by atoms with Gasteiger partial charge in [-0.25, -0.2) is 4.98 Å². The molecule has 116 valence electrons. The number of nitrogens with one attached hydrogen (secondary N) is 1. The average Bonchev–Trinajstić information content (AvgIpc) is 3.10. The zero-order valence-corrected chi connectivity index (χ0v) is 13.2. The topological polar surface area (TPSA) is 67.2 Å². The quantitative estimate of drug-likeness (QED) is 0.853. The summed E-state index contributed by atoms with van der Waals surface area (Å²) in [6, 6.07) is 3.53. The summed E-state index contributed by atoms with van der Waals surface area (Å²) in [5.41, 5.74) is 1.69. The summed E-state index contributed by atoms with van der Waals surface area (Å²) in [4.78, 5) is 30.8. The molecule has 1 aliphatic rings. The van der Waals surface area contributed by atoms with E-state index in [1.165, 1.54) is 4.88 Å². The predicted octanol–water partition coefficient (Wildman–Crippen LogP) is 1.77. The lowest BCUT2D eigenvalue weighted by Crippen LogP contribution is -2.25. The zero-order chi connectivity index (χ0) is 15.5. The largest absolute Gasteiger partial charge is 0.345 e. The van der Waals surface area contributed by atoms with Gasteiger partial charge in [0.1, 0.15) is 0 Å². The first-order chi connectivity index (χ1) is 10.7. The molecule has 2 aromatic rings. The van der Waals surface area contributed by atoms with Crippen LogP contribution in [0.3, 0.4) is 0 Å². The molecule has 2 aromatic heterocycles. The van der Waals surface area contributed by atoms with E-state index >= 15 is 0 Å². The van der Waals surface area contributed by atoms with Crippen LogP contribution in [-0.2, 0) is 24.3 Å². The van der Waals surface area contributed by atoms with Gasteiger partial charge in [0, 0.05) is 43.5 Å². The van der Waals surface area contributed by atoms with Gasteiger partial charge < -0.3 is 14.8 Å². The first-order valence-electron chi connectivity index (χ1n) is 7.23. The fraction of sp³-hybridized carbons (Fsp3) is 0.400. The van der Waals surface area contributed by atoms with Crippen molar-refractivity contribution in [1.29, 1.82) is 0 Å². The van der Waals surface area contributed by atoms with Gasteiger partial charge in [0.2, 0.25) is 5.91 Å². The van der Waals surface area contributed by atoms with Crippen LogP contribution in [0.1, 0.15) is 27.5 Å². The Hall–Kier alpha value is -1.99. The summed E-state index contributed by atoms with van der Waals surface area (Å²) in [5.74, 6) is -0.0787. The van der Waals surface area contributed by atoms with E-state index < -0.39 is 0 Å². The van der Waals surface area contributed by atoms with Crippen molar-refractivity contribution in [1.82, 2.24) is 14.5 Å². The Balaban J connectivity index is 1.57. The Morgan fingerprint density at radius 3 is 3.23 bits per heavy atom. The van der Waals surface area contributed by atoms with Crippen LogP contribution in [0.2, 0.25) is 0 Å². The zero-order valence-electron chi connectivity index (χ0n) is 12.4. The second kappa shape index (κ2) is 6.41. The third-order valence-electron chi connectivity index (χ3n) is 3.73. The number of fused-ring (bicyclic) bond motifs is 1. The molecule has 1 amide bonds. The van der Waals surface area contributed by atoms with Crippen LogP contribution in [0.5, 0.6) is 0 Å².